The summed E-state index contributed by atoms with van der Waals surface area (Å²) < 4.78 is 24.8. The molecule has 1 fully saturated rings. The molecular weight excluding hydrogens is 395 g/mol. The number of halogens is 1. The van der Waals surface area contributed by atoms with Gasteiger partial charge in [-0.3, -0.25) is 0 Å². The van der Waals surface area contributed by atoms with E-state index in [4.69, 9.17) is 9.47 Å². The summed E-state index contributed by atoms with van der Waals surface area (Å²) in [5.41, 5.74) is 3.28. The summed E-state index contributed by atoms with van der Waals surface area (Å²) in [6.07, 6.45) is 2.75. The summed E-state index contributed by atoms with van der Waals surface area (Å²) in [5, 5.41) is 0. The van der Waals surface area contributed by atoms with Crippen LogP contribution < -0.4 is 0 Å². The van der Waals surface area contributed by atoms with Gasteiger partial charge in [-0.1, -0.05) is 48.2 Å². The minimum atomic E-state index is -0.271. The van der Waals surface area contributed by atoms with Gasteiger partial charge in [0.2, 0.25) is 0 Å². The van der Waals surface area contributed by atoms with Gasteiger partial charge in [0.05, 0.1) is 18.3 Å². The second-order valence-electron chi connectivity index (χ2n) is 7.91. The minimum Gasteiger partial charge on any atom is -0.378 e. The lowest BCUT2D eigenvalue weighted by atomic mass is 9.84. The standard InChI is InChI=1S/C26H27FO2S/c1-19-18-26(28-2,14-15-29-19)22-4-3-5-25(17-22)30-24-12-8-21(9-13-24)16-20-6-10-23(27)11-7-20/h3-13,17,19H,14-16,18H2,1-2H3. The molecule has 2 nitrogen and oxygen atoms in total. The Labute approximate surface area is 182 Å². The van der Waals surface area contributed by atoms with Crippen molar-refractivity contribution >= 4 is 11.8 Å². The van der Waals surface area contributed by atoms with Crippen LogP contribution in [-0.4, -0.2) is 19.8 Å². The highest BCUT2D eigenvalue weighted by molar-refractivity contribution is 7.99. The van der Waals surface area contributed by atoms with Gasteiger partial charge >= 0.3 is 0 Å². The third-order valence-corrected chi connectivity index (χ3v) is 6.75. The van der Waals surface area contributed by atoms with Crippen LogP contribution in [0.2, 0.25) is 0 Å². The molecule has 1 heterocycles. The van der Waals surface area contributed by atoms with E-state index >= 15 is 0 Å². The molecule has 0 spiro atoms. The maximum absolute atomic E-state index is 13.1. The second kappa shape index (κ2) is 9.34. The first-order valence-corrected chi connectivity index (χ1v) is 11.2. The Morgan fingerprint density at radius 2 is 1.70 bits per heavy atom. The monoisotopic (exact) mass is 422 g/mol. The van der Waals surface area contributed by atoms with Crippen molar-refractivity contribution in [2.75, 3.05) is 13.7 Å². The van der Waals surface area contributed by atoms with E-state index < -0.39 is 0 Å². The van der Waals surface area contributed by atoms with Crippen LogP contribution in [0.15, 0.2) is 82.6 Å². The van der Waals surface area contributed by atoms with E-state index in [-0.39, 0.29) is 17.5 Å². The smallest absolute Gasteiger partial charge is 0.123 e. The Balaban J connectivity index is 1.46. The van der Waals surface area contributed by atoms with Crippen molar-refractivity contribution in [3.8, 4) is 0 Å². The van der Waals surface area contributed by atoms with Crippen LogP contribution in [0.3, 0.4) is 0 Å². The third kappa shape index (κ3) is 4.94. The normalized spacial score (nSPS) is 21.5. The highest BCUT2D eigenvalue weighted by atomic mass is 32.2. The van der Waals surface area contributed by atoms with Crippen LogP contribution in [0.5, 0.6) is 0 Å². The molecular formula is C26H27FO2S. The second-order valence-corrected chi connectivity index (χ2v) is 9.06. The van der Waals surface area contributed by atoms with Crippen LogP contribution in [0.25, 0.3) is 0 Å². The van der Waals surface area contributed by atoms with Crippen molar-refractivity contribution in [2.45, 2.75) is 47.7 Å². The molecule has 4 heteroatoms. The van der Waals surface area contributed by atoms with E-state index in [1.54, 1.807) is 18.9 Å². The highest BCUT2D eigenvalue weighted by Gasteiger charge is 2.37. The predicted octanol–water partition coefficient (Wildman–Crippen LogP) is 6.61. The van der Waals surface area contributed by atoms with E-state index in [0.717, 1.165) is 31.4 Å². The Hall–Kier alpha value is -2.14. The summed E-state index contributed by atoms with van der Waals surface area (Å²) in [6.45, 7) is 2.83. The lowest BCUT2D eigenvalue weighted by molar-refractivity contribution is -0.122. The SMILES string of the molecule is COC1(c2cccc(Sc3ccc(Cc4ccc(F)cc4)cc3)c2)CCOC(C)C1. The largest absolute Gasteiger partial charge is 0.378 e. The maximum Gasteiger partial charge on any atom is 0.123 e. The molecule has 0 N–H and O–H groups in total. The van der Waals surface area contributed by atoms with Crippen molar-refractivity contribution in [1.29, 1.82) is 0 Å². The Kier molecular flexibility index (Phi) is 6.57. The zero-order chi connectivity index (χ0) is 21.0. The fraction of sp³-hybridized carbons (Fsp3) is 0.308. The molecule has 0 aliphatic carbocycles. The average molecular weight is 423 g/mol. The van der Waals surface area contributed by atoms with Crippen LogP contribution in [0.1, 0.15) is 36.5 Å². The number of methoxy groups -OCH3 is 1. The number of rotatable bonds is 6. The zero-order valence-electron chi connectivity index (χ0n) is 17.4. The van der Waals surface area contributed by atoms with Gasteiger partial charge in [0.1, 0.15) is 5.82 Å². The van der Waals surface area contributed by atoms with Crippen molar-refractivity contribution in [1.82, 2.24) is 0 Å². The first kappa shape index (κ1) is 21.1. The molecule has 0 saturated carbocycles. The molecule has 3 aromatic rings. The van der Waals surface area contributed by atoms with E-state index in [0.29, 0.717) is 0 Å². The van der Waals surface area contributed by atoms with Crippen LogP contribution in [-0.2, 0) is 21.5 Å². The molecule has 0 amide bonds. The molecule has 156 valence electrons. The Morgan fingerprint density at radius 1 is 1.00 bits per heavy atom. The lowest BCUT2D eigenvalue weighted by Crippen LogP contribution is -2.39. The first-order chi connectivity index (χ1) is 14.6. The van der Waals surface area contributed by atoms with Gasteiger partial charge < -0.3 is 9.47 Å². The minimum absolute atomic E-state index is 0.196. The summed E-state index contributed by atoms with van der Waals surface area (Å²) in [6, 6.07) is 24.0. The van der Waals surface area contributed by atoms with E-state index in [2.05, 4.69) is 55.5 Å². The maximum atomic E-state index is 13.1. The van der Waals surface area contributed by atoms with Gasteiger partial charge in [0.25, 0.3) is 0 Å². The molecule has 1 aliphatic heterocycles. The third-order valence-electron chi connectivity index (χ3n) is 5.76. The fourth-order valence-electron chi connectivity index (χ4n) is 4.11. The fourth-order valence-corrected chi connectivity index (χ4v) is 4.98. The van der Waals surface area contributed by atoms with Gasteiger partial charge in [0, 0.05) is 29.7 Å². The number of benzene rings is 3. The zero-order valence-corrected chi connectivity index (χ0v) is 18.3. The predicted molar refractivity (Wildman–Crippen MR) is 120 cm³/mol. The van der Waals surface area contributed by atoms with Gasteiger partial charge in [-0.2, -0.15) is 0 Å². The lowest BCUT2D eigenvalue weighted by Gasteiger charge is -2.39. The summed E-state index contributed by atoms with van der Waals surface area (Å²) in [4.78, 5) is 2.40. The number of hydrogen-bond acceptors (Lipinski definition) is 3. The average Bonchev–Trinajstić information content (AvgIpc) is 2.77. The van der Waals surface area contributed by atoms with Gasteiger partial charge in [-0.25, -0.2) is 4.39 Å². The topological polar surface area (TPSA) is 18.5 Å². The molecule has 30 heavy (non-hydrogen) atoms. The summed E-state index contributed by atoms with van der Waals surface area (Å²) >= 11 is 1.76. The molecule has 2 atom stereocenters. The van der Waals surface area contributed by atoms with E-state index in [1.807, 2.05) is 12.1 Å². The first-order valence-electron chi connectivity index (χ1n) is 10.3. The van der Waals surface area contributed by atoms with Gasteiger partial charge in [0.15, 0.2) is 0 Å². The van der Waals surface area contributed by atoms with Crippen LogP contribution in [0.4, 0.5) is 4.39 Å². The summed E-state index contributed by atoms with van der Waals surface area (Å²) in [7, 11) is 1.80. The van der Waals surface area contributed by atoms with Gasteiger partial charge in [-0.15, -0.1) is 0 Å². The highest BCUT2D eigenvalue weighted by Crippen LogP contribution is 2.40. The van der Waals surface area contributed by atoms with Crippen LogP contribution in [0, 0.1) is 5.82 Å². The van der Waals surface area contributed by atoms with E-state index in [9.17, 15) is 4.39 Å². The molecule has 3 aromatic carbocycles. The molecule has 2 unspecified atom stereocenters. The molecule has 4 rings (SSSR count). The molecule has 0 bridgehead atoms. The van der Waals surface area contributed by atoms with Crippen LogP contribution >= 0.6 is 11.8 Å². The molecule has 0 aromatic heterocycles. The molecule has 1 aliphatic rings. The van der Waals surface area contributed by atoms with E-state index in [1.165, 1.54) is 33.1 Å². The van der Waals surface area contributed by atoms with Gasteiger partial charge in [-0.05, 0) is 66.4 Å². The molecule has 0 radical (unpaired) electrons. The quantitative estimate of drug-likeness (QED) is 0.445. The van der Waals surface area contributed by atoms with Crippen molar-refractivity contribution in [2.24, 2.45) is 0 Å². The molecule has 1 saturated heterocycles. The Bertz CT molecular complexity index is 971. The van der Waals surface area contributed by atoms with Crippen molar-refractivity contribution in [3.63, 3.8) is 0 Å². The van der Waals surface area contributed by atoms with Crippen molar-refractivity contribution < 1.29 is 13.9 Å². The number of ether oxygens (including phenoxy) is 2. The summed E-state index contributed by atoms with van der Waals surface area (Å²) in [5.74, 6) is -0.196. The van der Waals surface area contributed by atoms with Crippen molar-refractivity contribution in [3.05, 3.63) is 95.3 Å². The Morgan fingerprint density at radius 3 is 2.37 bits per heavy atom. The number of hydrogen-bond donors (Lipinski definition) is 0.